The quantitative estimate of drug-likeness (QED) is 0.721. The van der Waals surface area contributed by atoms with E-state index in [9.17, 15) is 0 Å². The predicted octanol–water partition coefficient (Wildman–Crippen LogP) is 3.35. The zero-order valence-electron chi connectivity index (χ0n) is 10.2. The Labute approximate surface area is 100 Å². The molecule has 1 aliphatic carbocycles. The van der Waals surface area contributed by atoms with Gasteiger partial charge in [0, 0.05) is 18.6 Å². The van der Waals surface area contributed by atoms with Gasteiger partial charge >= 0.3 is 0 Å². The third kappa shape index (κ3) is 2.21. The molecule has 0 aromatic rings. The molecule has 2 unspecified atom stereocenters. The summed E-state index contributed by atoms with van der Waals surface area (Å²) in [6.45, 7) is 6.06. The predicted molar refractivity (Wildman–Crippen MR) is 69.6 cm³/mol. The lowest BCUT2D eigenvalue weighted by atomic mass is 9.69. The van der Waals surface area contributed by atoms with E-state index in [1.165, 1.54) is 45.1 Å². The topological polar surface area (TPSA) is 3.24 Å². The van der Waals surface area contributed by atoms with Gasteiger partial charge in [-0.2, -0.15) is 12.6 Å². The number of hydrogen-bond donors (Lipinski definition) is 1. The highest BCUT2D eigenvalue weighted by molar-refractivity contribution is 7.80. The fourth-order valence-electron chi connectivity index (χ4n) is 3.28. The number of likely N-dealkylation sites (tertiary alicyclic amines) is 1. The van der Waals surface area contributed by atoms with Crippen molar-refractivity contribution in [1.82, 2.24) is 4.90 Å². The maximum Gasteiger partial charge on any atom is 0.00962 e. The van der Waals surface area contributed by atoms with Crippen molar-refractivity contribution in [3.05, 3.63) is 0 Å². The molecule has 2 atom stereocenters. The van der Waals surface area contributed by atoms with Gasteiger partial charge in [0.15, 0.2) is 0 Å². The molecule has 0 N–H and O–H groups in total. The van der Waals surface area contributed by atoms with Gasteiger partial charge in [0.05, 0.1) is 0 Å². The Morgan fingerprint density at radius 3 is 2.53 bits per heavy atom. The van der Waals surface area contributed by atoms with Gasteiger partial charge in [0.2, 0.25) is 0 Å². The van der Waals surface area contributed by atoms with Gasteiger partial charge in [-0.3, -0.25) is 4.90 Å². The van der Waals surface area contributed by atoms with Gasteiger partial charge in [-0.15, -0.1) is 0 Å². The second-order valence-corrected chi connectivity index (χ2v) is 5.99. The molecule has 0 aromatic heterocycles. The summed E-state index contributed by atoms with van der Waals surface area (Å²) < 4.78 is 0. The van der Waals surface area contributed by atoms with E-state index in [1.807, 2.05) is 0 Å². The van der Waals surface area contributed by atoms with Crippen LogP contribution in [-0.2, 0) is 0 Å². The molecular formula is C13H25NS. The van der Waals surface area contributed by atoms with Crippen LogP contribution in [0.4, 0.5) is 0 Å². The van der Waals surface area contributed by atoms with Crippen LogP contribution in [0.2, 0.25) is 0 Å². The molecule has 0 spiro atoms. The number of thiol groups is 1. The minimum atomic E-state index is 0.579. The van der Waals surface area contributed by atoms with Crippen LogP contribution < -0.4 is 0 Å². The maximum absolute atomic E-state index is 4.57. The van der Waals surface area contributed by atoms with E-state index in [-0.39, 0.29) is 0 Å². The first-order chi connectivity index (χ1) is 7.21. The van der Waals surface area contributed by atoms with Crippen molar-refractivity contribution in [3.63, 3.8) is 0 Å². The Bertz CT molecular complexity index is 207. The van der Waals surface area contributed by atoms with Crippen molar-refractivity contribution in [2.45, 2.75) is 64.5 Å². The summed E-state index contributed by atoms with van der Waals surface area (Å²) in [5.41, 5.74) is 0.579. The highest BCUT2D eigenvalue weighted by atomic mass is 32.1. The lowest BCUT2D eigenvalue weighted by molar-refractivity contribution is 0.0631. The first-order valence-electron chi connectivity index (χ1n) is 6.57. The number of rotatable bonds is 4. The molecule has 2 aliphatic rings. The van der Waals surface area contributed by atoms with Gasteiger partial charge in [-0.25, -0.2) is 0 Å². The van der Waals surface area contributed by atoms with E-state index in [2.05, 4.69) is 31.4 Å². The summed E-state index contributed by atoms with van der Waals surface area (Å²) in [5.74, 6) is 1.09. The third-order valence-corrected chi connectivity index (χ3v) is 5.36. The monoisotopic (exact) mass is 227 g/mol. The fraction of sp³-hybridized carbons (Fsp3) is 1.00. The first kappa shape index (κ1) is 11.8. The lowest BCUT2D eigenvalue weighted by Gasteiger charge is -2.46. The smallest absolute Gasteiger partial charge is 0.00962 e. The van der Waals surface area contributed by atoms with Gasteiger partial charge < -0.3 is 0 Å². The molecule has 1 saturated carbocycles. The first-order valence-corrected chi connectivity index (χ1v) is 7.20. The van der Waals surface area contributed by atoms with Crippen LogP contribution in [0.5, 0.6) is 0 Å². The SMILES string of the molecule is CCC1CCC(C)N1CC1(CS)CCC1. The molecule has 15 heavy (non-hydrogen) atoms. The van der Waals surface area contributed by atoms with E-state index in [4.69, 9.17) is 0 Å². The molecule has 2 rings (SSSR count). The Morgan fingerprint density at radius 1 is 1.33 bits per heavy atom. The zero-order valence-corrected chi connectivity index (χ0v) is 11.1. The Kier molecular flexibility index (Phi) is 3.67. The molecule has 2 heteroatoms. The molecular weight excluding hydrogens is 202 g/mol. The van der Waals surface area contributed by atoms with Crippen LogP contribution >= 0.6 is 12.6 Å². The van der Waals surface area contributed by atoms with Crippen LogP contribution in [0.15, 0.2) is 0 Å². The molecule has 88 valence electrons. The Hall–Kier alpha value is 0.310. The summed E-state index contributed by atoms with van der Waals surface area (Å²) in [6, 6.07) is 1.67. The highest BCUT2D eigenvalue weighted by Crippen LogP contribution is 2.44. The second kappa shape index (κ2) is 4.67. The standard InChI is InChI=1S/C13H25NS/c1-3-12-6-5-11(2)14(12)9-13(10-15)7-4-8-13/h11-12,15H,3-10H2,1-2H3. The summed E-state index contributed by atoms with van der Waals surface area (Å²) in [4.78, 5) is 2.77. The minimum Gasteiger partial charge on any atom is -0.297 e. The zero-order chi connectivity index (χ0) is 10.9. The lowest BCUT2D eigenvalue weighted by Crippen LogP contribution is -2.47. The van der Waals surface area contributed by atoms with Gasteiger partial charge in [-0.1, -0.05) is 13.3 Å². The number of nitrogens with zero attached hydrogens (tertiary/aromatic N) is 1. The molecule has 0 radical (unpaired) electrons. The fourth-order valence-corrected chi connectivity index (χ4v) is 3.70. The molecule has 1 saturated heterocycles. The highest BCUT2D eigenvalue weighted by Gasteiger charge is 2.41. The summed E-state index contributed by atoms with van der Waals surface area (Å²) >= 11 is 4.57. The Morgan fingerprint density at radius 2 is 2.07 bits per heavy atom. The van der Waals surface area contributed by atoms with Crippen molar-refractivity contribution in [2.24, 2.45) is 5.41 Å². The van der Waals surface area contributed by atoms with E-state index in [1.54, 1.807) is 0 Å². The average Bonchev–Trinajstić information content (AvgIpc) is 2.53. The van der Waals surface area contributed by atoms with Crippen LogP contribution in [-0.4, -0.2) is 29.3 Å². The van der Waals surface area contributed by atoms with Crippen molar-refractivity contribution in [3.8, 4) is 0 Å². The molecule has 1 aliphatic heterocycles. The summed E-state index contributed by atoms with van der Waals surface area (Å²) in [7, 11) is 0. The van der Waals surface area contributed by atoms with Crippen LogP contribution in [0.1, 0.15) is 52.4 Å². The summed E-state index contributed by atoms with van der Waals surface area (Å²) in [5, 5.41) is 0. The average molecular weight is 227 g/mol. The van der Waals surface area contributed by atoms with E-state index >= 15 is 0 Å². The van der Waals surface area contributed by atoms with Crippen LogP contribution in [0.3, 0.4) is 0 Å². The molecule has 2 fully saturated rings. The van der Waals surface area contributed by atoms with Crippen molar-refractivity contribution < 1.29 is 0 Å². The van der Waals surface area contributed by atoms with E-state index in [0.717, 1.165) is 17.8 Å². The van der Waals surface area contributed by atoms with Crippen LogP contribution in [0.25, 0.3) is 0 Å². The van der Waals surface area contributed by atoms with Gasteiger partial charge in [0.1, 0.15) is 0 Å². The third-order valence-electron chi connectivity index (χ3n) is 4.69. The van der Waals surface area contributed by atoms with Gasteiger partial charge in [0.25, 0.3) is 0 Å². The van der Waals surface area contributed by atoms with Crippen molar-refractivity contribution >= 4 is 12.6 Å². The molecule has 0 bridgehead atoms. The Balaban J connectivity index is 1.96. The second-order valence-electron chi connectivity index (χ2n) is 5.67. The van der Waals surface area contributed by atoms with Crippen LogP contribution in [0, 0.1) is 5.41 Å². The van der Waals surface area contributed by atoms with Crippen molar-refractivity contribution in [2.75, 3.05) is 12.3 Å². The largest absolute Gasteiger partial charge is 0.297 e. The summed E-state index contributed by atoms with van der Waals surface area (Å²) in [6.07, 6.45) is 8.40. The van der Waals surface area contributed by atoms with Gasteiger partial charge in [-0.05, 0) is 50.2 Å². The van der Waals surface area contributed by atoms with E-state index in [0.29, 0.717) is 5.41 Å². The normalized spacial score (nSPS) is 35.4. The number of hydrogen-bond acceptors (Lipinski definition) is 2. The minimum absolute atomic E-state index is 0.579. The van der Waals surface area contributed by atoms with Crippen molar-refractivity contribution in [1.29, 1.82) is 0 Å². The molecule has 0 aromatic carbocycles. The molecule has 1 nitrogen and oxygen atoms in total. The maximum atomic E-state index is 4.57. The molecule has 0 amide bonds. The molecule has 1 heterocycles. The van der Waals surface area contributed by atoms with E-state index < -0.39 is 0 Å².